The van der Waals surface area contributed by atoms with Gasteiger partial charge in [-0.15, -0.1) is 5.10 Å². The highest BCUT2D eigenvalue weighted by Crippen LogP contribution is 2.45. The van der Waals surface area contributed by atoms with Gasteiger partial charge in [0, 0.05) is 30.6 Å². The molecular weight excluding hydrogens is 504 g/mol. The molecule has 4 unspecified atom stereocenters. The van der Waals surface area contributed by atoms with Crippen LogP contribution in [0.1, 0.15) is 54.9 Å². The van der Waals surface area contributed by atoms with E-state index < -0.39 is 42.0 Å². The SMILES string of the molecule is Cc1noc(N2CC3CC[C@@H](C2)C3Nc2nc3n(n2)C(C(F)(F)F)CCC3c2ccc(F)c(F)c2F)n1. The predicted octanol–water partition coefficient (Wildman–Crippen LogP) is 4.74. The summed E-state index contributed by atoms with van der Waals surface area (Å²) in [6.07, 6.45) is -3.35. The van der Waals surface area contributed by atoms with Crippen molar-refractivity contribution in [2.75, 3.05) is 23.3 Å². The average molecular weight is 527 g/mol. The zero-order valence-corrected chi connectivity index (χ0v) is 19.6. The Kier molecular flexibility index (Phi) is 5.60. The summed E-state index contributed by atoms with van der Waals surface area (Å²) < 4.78 is 89.6. The van der Waals surface area contributed by atoms with E-state index in [2.05, 4.69) is 25.5 Å². The molecule has 2 bridgehead atoms. The molecule has 14 heteroatoms. The van der Waals surface area contributed by atoms with Gasteiger partial charge in [-0.05, 0) is 50.5 Å². The minimum Gasteiger partial charge on any atom is -0.350 e. The average Bonchev–Trinajstić information content (AvgIpc) is 3.52. The van der Waals surface area contributed by atoms with Crippen LogP contribution in [0.25, 0.3) is 0 Å². The van der Waals surface area contributed by atoms with Gasteiger partial charge in [-0.2, -0.15) is 23.1 Å². The number of rotatable bonds is 4. The van der Waals surface area contributed by atoms with Gasteiger partial charge in [0.2, 0.25) is 5.95 Å². The van der Waals surface area contributed by atoms with E-state index in [4.69, 9.17) is 4.52 Å². The van der Waals surface area contributed by atoms with E-state index in [1.54, 1.807) is 6.92 Å². The number of nitrogens with zero attached hydrogens (tertiary/aromatic N) is 6. The lowest BCUT2D eigenvalue weighted by molar-refractivity contribution is -0.175. The van der Waals surface area contributed by atoms with Gasteiger partial charge in [-0.25, -0.2) is 17.9 Å². The lowest BCUT2D eigenvalue weighted by atomic mass is 9.88. The summed E-state index contributed by atoms with van der Waals surface area (Å²) in [7, 11) is 0. The monoisotopic (exact) mass is 527 g/mol. The van der Waals surface area contributed by atoms with E-state index in [-0.39, 0.29) is 41.6 Å². The van der Waals surface area contributed by atoms with Gasteiger partial charge in [0.15, 0.2) is 23.3 Å². The van der Waals surface area contributed by atoms with Crippen molar-refractivity contribution in [3.8, 4) is 0 Å². The molecule has 37 heavy (non-hydrogen) atoms. The quantitative estimate of drug-likeness (QED) is 0.388. The fourth-order valence-corrected chi connectivity index (χ4v) is 6.02. The molecule has 0 amide bonds. The molecule has 4 heterocycles. The van der Waals surface area contributed by atoms with Gasteiger partial charge in [0.05, 0.1) is 0 Å². The van der Waals surface area contributed by atoms with Gasteiger partial charge in [0.25, 0.3) is 0 Å². The van der Waals surface area contributed by atoms with Crippen molar-refractivity contribution in [3.63, 3.8) is 0 Å². The standard InChI is InChI=1S/C23H23F6N7O/c1-10-30-22(37-34-10)35-8-11-2-3-12(9-35)19(11)31-21-32-20-14(13-4-6-15(24)18(26)17(13)25)5-7-16(23(27,28)29)36(20)33-21/h4,6,11-12,14,16,19H,2-3,5,7-9H2,1H3,(H,31,33)/t11-,12?,14?,16?,19?/m0/s1. The highest BCUT2D eigenvalue weighted by molar-refractivity contribution is 5.37. The third-order valence-electron chi connectivity index (χ3n) is 7.73. The number of halogens is 6. The van der Waals surface area contributed by atoms with Crippen molar-refractivity contribution in [2.45, 2.75) is 56.8 Å². The number of aryl methyl sites for hydroxylation is 1. The topological polar surface area (TPSA) is 84.9 Å². The number of benzene rings is 1. The van der Waals surface area contributed by atoms with Crippen LogP contribution in [-0.2, 0) is 0 Å². The van der Waals surface area contributed by atoms with E-state index in [0.717, 1.165) is 29.7 Å². The molecule has 6 rings (SSSR count). The summed E-state index contributed by atoms with van der Waals surface area (Å²) in [5.41, 5.74) is -0.247. The molecule has 0 spiro atoms. The molecule has 1 aliphatic carbocycles. The molecular formula is C23H23F6N7O. The molecule has 3 aliphatic rings. The number of aromatic nitrogens is 5. The summed E-state index contributed by atoms with van der Waals surface area (Å²) in [6.45, 7) is 2.98. The molecule has 2 aliphatic heterocycles. The smallest absolute Gasteiger partial charge is 0.350 e. The summed E-state index contributed by atoms with van der Waals surface area (Å²) in [5.74, 6) is -4.78. The van der Waals surface area contributed by atoms with E-state index >= 15 is 0 Å². The Balaban J connectivity index is 1.30. The third kappa shape index (κ3) is 4.09. The molecule has 2 fully saturated rings. The van der Waals surface area contributed by atoms with E-state index in [1.807, 2.05) is 4.90 Å². The van der Waals surface area contributed by atoms with E-state index in [9.17, 15) is 26.3 Å². The van der Waals surface area contributed by atoms with Crippen LogP contribution in [0, 0.1) is 36.2 Å². The highest BCUT2D eigenvalue weighted by Gasteiger charge is 2.48. The number of alkyl halides is 3. The Bertz CT molecular complexity index is 1310. The zero-order valence-electron chi connectivity index (χ0n) is 19.6. The van der Waals surface area contributed by atoms with Gasteiger partial charge < -0.3 is 14.7 Å². The van der Waals surface area contributed by atoms with Gasteiger partial charge in [-0.3, -0.25) is 0 Å². The minimum absolute atomic E-state index is 0.00289. The lowest BCUT2D eigenvalue weighted by Gasteiger charge is -2.37. The highest BCUT2D eigenvalue weighted by atomic mass is 19.4. The van der Waals surface area contributed by atoms with Crippen molar-refractivity contribution < 1.29 is 30.9 Å². The summed E-state index contributed by atoms with van der Waals surface area (Å²) in [6, 6.07) is 0.211. The Morgan fingerprint density at radius 2 is 1.70 bits per heavy atom. The number of piperidine rings is 1. The van der Waals surface area contributed by atoms with E-state index in [1.165, 1.54) is 0 Å². The summed E-state index contributed by atoms with van der Waals surface area (Å²) >= 11 is 0. The maximum atomic E-state index is 14.6. The number of hydrogen-bond donors (Lipinski definition) is 1. The van der Waals surface area contributed by atoms with Crippen molar-refractivity contribution in [1.82, 2.24) is 24.9 Å². The second-order valence-electron chi connectivity index (χ2n) is 9.99. The summed E-state index contributed by atoms with van der Waals surface area (Å²) in [4.78, 5) is 10.6. The largest absolute Gasteiger partial charge is 0.410 e. The number of anilines is 2. The van der Waals surface area contributed by atoms with Crippen molar-refractivity contribution in [2.24, 2.45) is 11.8 Å². The molecule has 1 N–H and O–H groups in total. The van der Waals surface area contributed by atoms with Gasteiger partial charge >= 0.3 is 12.2 Å². The van der Waals surface area contributed by atoms with Crippen LogP contribution in [0.4, 0.5) is 38.3 Å². The van der Waals surface area contributed by atoms with Crippen molar-refractivity contribution >= 4 is 12.0 Å². The molecule has 2 aromatic heterocycles. The van der Waals surface area contributed by atoms with E-state index in [0.29, 0.717) is 24.9 Å². The molecule has 3 aromatic rings. The molecule has 198 valence electrons. The van der Waals surface area contributed by atoms with Crippen LogP contribution in [0.2, 0.25) is 0 Å². The van der Waals surface area contributed by atoms with Crippen LogP contribution in [0.3, 0.4) is 0 Å². The van der Waals surface area contributed by atoms with Crippen molar-refractivity contribution in [1.29, 1.82) is 0 Å². The molecule has 1 saturated heterocycles. The van der Waals surface area contributed by atoms with Crippen LogP contribution < -0.4 is 10.2 Å². The zero-order chi connectivity index (χ0) is 26.1. The Morgan fingerprint density at radius 3 is 2.35 bits per heavy atom. The number of hydrogen-bond acceptors (Lipinski definition) is 7. The number of fused-ring (bicyclic) bond motifs is 3. The second-order valence-corrected chi connectivity index (χ2v) is 9.99. The molecule has 0 radical (unpaired) electrons. The van der Waals surface area contributed by atoms with Gasteiger partial charge in [0.1, 0.15) is 11.9 Å². The second kappa shape index (κ2) is 8.62. The van der Waals surface area contributed by atoms with Crippen LogP contribution in [0.15, 0.2) is 16.7 Å². The van der Waals surface area contributed by atoms with Crippen molar-refractivity contribution in [3.05, 3.63) is 46.8 Å². The summed E-state index contributed by atoms with van der Waals surface area (Å²) in [5, 5.41) is 11.2. The maximum absolute atomic E-state index is 14.6. The molecule has 1 aromatic carbocycles. The fraction of sp³-hybridized carbons (Fsp3) is 0.565. The molecule has 8 nitrogen and oxygen atoms in total. The first kappa shape index (κ1) is 24.0. The predicted molar refractivity (Wildman–Crippen MR) is 117 cm³/mol. The van der Waals surface area contributed by atoms with Crippen LogP contribution >= 0.6 is 0 Å². The Hall–Kier alpha value is -3.32. The Morgan fingerprint density at radius 1 is 0.973 bits per heavy atom. The molecule has 1 saturated carbocycles. The first-order valence-electron chi connectivity index (χ1n) is 12.1. The van der Waals surface area contributed by atoms with Gasteiger partial charge in [-0.1, -0.05) is 11.2 Å². The number of nitrogens with one attached hydrogen (secondary N) is 1. The normalized spacial score (nSPS) is 27.4. The minimum atomic E-state index is -4.61. The first-order chi connectivity index (χ1) is 17.6. The fourth-order valence-electron chi connectivity index (χ4n) is 6.02. The van der Waals surface area contributed by atoms with Crippen LogP contribution in [-0.4, -0.2) is 50.2 Å². The maximum Gasteiger partial charge on any atom is 0.410 e. The Labute approximate surface area is 207 Å². The van der Waals surface area contributed by atoms with Crippen LogP contribution in [0.5, 0.6) is 0 Å². The molecule has 5 atom stereocenters. The first-order valence-corrected chi connectivity index (χ1v) is 12.1. The lowest BCUT2D eigenvalue weighted by Crippen LogP contribution is -2.48. The third-order valence-corrected chi connectivity index (χ3v) is 7.73.